The predicted octanol–water partition coefficient (Wildman–Crippen LogP) is 3.60. The van der Waals surface area contributed by atoms with Crippen molar-refractivity contribution in [3.8, 4) is 0 Å². The lowest BCUT2D eigenvalue weighted by Crippen LogP contribution is -2.28. The summed E-state index contributed by atoms with van der Waals surface area (Å²) in [5, 5.41) is 0.968. The van der Waals surface area contributed by atoms with E-state index in [4.69, 9.17) is 4.74 Å². The molecule has 0 unspecified atom stereocenters. The molecular weight excluding hydrogens is 240 g/mol. The maximum absolute atomic E-state index is 11.6. The topological polar surface area (TPSA) is 26.3 Å². The fraction of sp³-hybridized carbons (Fsp3) is 0.400. The number of Topliss-reactive ketones (excluding diaryl/α,β-unsaturated/α-hetero) is 1. The van der Waals surface area contributed by atoms with E-state index < -0.39 is 8.07 Å². The molecule has 0 bridgehead atoms. The van der Waals surface area contributed by atoms with Gasteiger partial charge < -0.3 is 4.74 Å². The second-order valence-corrected chi connectivity index (χ2v) is 10.5. The SMILES string of the molecule is CC(=O)/C(=C/COCc1ccccc1)[Si](C)(C)C. The third-order valence-electron chi connectivity index (χ3n) is 2.70. The Kier molecular flexibility index (Phi) is 5.50. The highest BCUT2D eigenvalue weighted by Gasteiger charge is 2.22. The Hall–Kier alpha value is -1.19. The van der Waals surface area contributed by atoms with Gasteiger partial charge in [0.05, 0.1) is 21.3 Å². The molecule has 0 spiro atoms. The van der Waals surface area contributed by atoms with Gasteiger partial charge in [-0.25, -0.2) is 0 Å². The molecule has 1 aromatic carbocycles. The predicted molar refractivity (Wildman–Crippen MR) is 78.2 cm³/mol. The fourth-order valence-corrected chi connectivity index (χ4v) is 3.62. The number of ether oxygens (including phenoxy) is 1. The van der Waals surface area contributed by atoms with Crippen molar-refractivity contribution in [2.75, 3.05) is 6.61 Å². The molecule has 1 rings (SSSR count). The van der Waals surface area contributed by atoms with Gasteiger partial charge in [0, 0.05) is 0 Å². The largest absolute Gasteiger partial charge is 0.373 e. The molecule has 1 aromatic rings. The quantitative estimate of drug-likeness (QED) is 0.445. The standard InChI is InChI=1S/C15H22O2Si/c1-13(16)15(18(2,3)4)10-11-17-12-14-8-6-5-7-9-14/h5-10H,11-12H2,1-4H3/b15-10-. The minimum Gasteiger partial charge on any atom is -0.373 e. The van der Waals surface area contributed by atoms with Crippen molar-refractivity contribution >= 4 is 13.9 Å². The summed E-state index contributed by atoms with van der Waals surface area (Å²) in [6.45, 7) is 9.27. The Morgan fingerprint density at radius 3 is 2.33 bits per heavy atom. The highest BCUT2D eigenvalue weighted by Crippen LogP contribution is 2.15. The van der Waals surface area contributed by atoms with Gasteiger partial charge in [-0.1, -0.05) is 56.0 Å². The summed E-state index contributed by atoms with van der Waals surface area (Å²) in [6.07, 6.45) is 1.96. The normalized spacial score (nSPS) is 12.6. The molecule has 0 aliphatic carbocycles. The van der Waals surface area contributed by atoms with E-state index in [0.29, 0.717) is 13.2 Å². The van der Waals surface area contributed by atoms with Gasteiger partial charge in [0.25, 0.3) is 0 Å². The van der Waals surface area contributed by atoms with E-state index in [0.717, 1.165) is 10.8 Å². The second kappa shape index (κ2) is 6.66. The highest BCUT2D eigenvalue weighted by atomic mass is 28.3. The fourth-order valence-electron chi connectivity index (χ4n) is 1.87. The first-order valence-electron chi connectivity index (χ1n) is 6.24. The van der Waals surface area contributed by atoms with Crippen LogP contribution in [0.25, 0.3) is 0 Å². The van der Waals surface area contributed by atoms with Crippen LogP contribution in [-0.2, 0) is 16.1 Å². The summed E-state index contributed by atoms with van der Waals surface area (Å²) >= 11 is 0. The molecule has 0 heterocycles. The summed E-state index contributed by atoms with van der Waals surface area (Å²) in [7, 11) is -1.55. The van der Waals surface area contributed by atoms with E-state index in [1.165, 1.54) is 0 Å². The van der Waals surface area contributed by atoms with Crippen molar-refractivity contribution in [1.82, 2.24) is 0 Å². The molecule has 3 heteroatoms. The average Bonchev–Trinajstić information content (AvgIpc) is 2.27. The Morgan fingerprint density at radius 2 is 1.83 bits per heavy atom. The summed E-state index contributed by atoms with van der Waals surface area (Å²) < 4.78 is 5.59. The maximum Gasteiger partial charge on any atom is 0.151 e. The van der Waals surface area contributed by atoms with Crippen LogP contribution in [-0.4, -0.2) is 20.5 Å². The molecule has 0 aromatic heterocycles. The van der Waals surface area contributed by atoms with E-state index in [-0.39, 0.29) is 5.78 Å². The van der Waals surface area contributed by atoms with Crippen LogP contribution in [0.4, 0.5) is 0 Å². The lowest BCUT2D eigenvalue weighted by Gasteiger charge is -2.18. The molecule has 0 saturated heterocycles. The zero-order valence-corrected chi connectivity index (χ0v) is 12.7. The second-order valence-electron chi connectivity index (χ2n) is 5.42. The molecule has 2 nitrogen and oxygen atoms in total. The average molecular weight is 262 g/mol. The molecule has 0 atom stereocenters. The van der Waals surface area contributed by atoms with Gasteiger partial charge in [0.1, 0.15) is 0 Å². The van der Waals surface area contributed by atoms with Crippen molar-refractivity contribution in [1.29, 1.82) is 0 Å². The van der Waals surface area contributed by atoms with Gasteiger partial charge in [0.2, 0.25) is 0 Å². The monoisotopic (exact) mass is 262 g/mol. The number of hydrogen-bond donors (Lipinski definition) is 0. The molecule has 0 amide bonds. The third-order valence-corrected chi connectivity index (χ3v) is 4.88. The van der Waals surface area contributed by atoms with Gasteiger partial charge in [-0.2, -0.15) is 0 Å². The first-order chi connectivity index (χ1) is 8.41. The van der Waals surface area contributed by atoms with E-state index >= 15 is 0 Å². The minimum atomic E-state index is -1.55. The maximum atomic E-state index is 11.6. The molecule has 18 heavy (non-hydrogen) atoms. The Balaban J connectivity index is 2.51. The number of carbonyl (C=O) groups is 1. The van der Waals surface area contributed by atoms with Crippen LogP contribution < -0.4 is 0 Å². The Labute approximate surface area is 111 Å². The van der Waals surface area contributed by atoms with Gasteiger partial charge in [-0.3, -0.25) is 4.79 Å². The molecule has 0 N–H and O–H groups in total. The third kappa shape index (κ3) is 4.98. The first-order valence-corrected chi connectivity index (χ1v) is 9.74. The van der Waals surface area contributed by atoms with Gasteiger partial charge >= 0.3 is 0 Å². The zero-order valence-electron chi connectivity index (χ0n) is 11.7. The van der Waals surface area contributed by atoms with Crippen LogP contribution in [0.2, 0.25) is 19.6 Å². The van der Waals surface area contributed by atoms with E-state index in [2.05, 4.69) is 19.6 Å². The highest BCUT2D eigenvalue weighted by molar-refractivity contribution is 6.87. The molecule has 0 fully saturated rings. The number of hydrogen-bond acceptors (Lipinski definition) is 2. The lowest BCUT2D eigenvalue weighted by molar-refractivity contribution is -0.113. The molecule has 0 aliphatic rings. The van der Waals surface area contributed by atoms with Crippen molar-refractivity contribution in [2.24, 2.45) is 0 Å². The number of rotatable bonds is 6. The van der Waals surface area contributed by atoms with Gasteiger partial charge in [-0.05, 0) is 17.7 Å². The van der Waals surface area contributed by atoms with Crippen LogP contribution in [0.15, 0.2) is 41.6 Å². The number of benzene rings is 1. The molecule has 0 saturated carbocycles. The van der Waals surface area contributed by atoms with E-state index in [9.17, 15) is 4.79 Å². The lowest BCUT2D eigenvalue weighted by atomic mass is 10.2. The van der Waals surface area contributed by atoms with Crippen LogP contribution >= 0.6 is 0 Å². The molecule has 0 radical (unpaired) electrons. The summed E-state index contributed by atoms with van der Waals surface area (Å²) in [6, 6.07) is 10.1. The van der Waals surface area contributed by atoms with Crippen molar-refractivity contribution in [3.63, 3.8) is 0 Å². The Bertz CT molecular complexity index is 416. The number of ketones is 1. The van der Waals surface area contributed by atoms with Crippen LogP contribution in [0, 0.1) is 0 Å². The number of allylic oxidation sites excluding steroid dienone is 1. The molecule has 98 valence electrons. The summed E-state index contributed by atoms with van der Waals surface area (Å²) in [4.78, 5) is 11.6. The van der Waals surface area contributed by atoms with Gasteiger partial charge in [-0.15, -0.1) is 0 Å². The Morgan fingerprint density at radius 1 is 1.22 bits per heavy atom. The van der Waals surface area contributed by atoms with Crippen LogP contribution in [0.1, 0.15) is 12.5 Å². The zero-order chi connectivity index (χ0) is 13.6. The van der Waals surface area contributed by atoms with Crippen molar-refractivity contribution in [2.45, 2.75) is 33.2 Å². The van der Waals surface area contributed by atoms with Gasteiger partial charge in [0.15, 0.2) is 5.78 Å². The summed E-state index contributed by atoms with van der Waals surface area (Å²) in [5.74, 6) is 0.178. The van der Waals surface area contributed by atoms with Crippen molar-refractivity contribution < 1.29 is 9.53 Å². The first kappa shape index (κ1) is 14.9. The van der Waals surface area contributed by atoms with E-state index in [1.807, 2.05) is 36.4 Å². The van der Waals surface area contributed by atoms with Crippen LogP contribution in [0.3, 0.4) is 0 Å². The van der Waals surface area contributed by atoms with Crippen LogP contribution in [0.5, 0.6) is 0 Å². The smallest absolute Gasteiger partial charge is 0.151 e. The molecular formula is C15H22O2Si. The molecule has 0 aliphatic heterocycles. The number of carbonyl (C=O) groups excluding carboxylic acids is 1. The summed E-state index contributed by atoms with van der Waals surface area (Å²) in [5.41, 5.74) is 1.16. The van der Waals surface area contributed by atoms with E-state index in [1.54, 1.807) is 6.92 Å². The van der Waals surface area contributed by atoms with Crippen molar-refractivity contribution in [3.05, 3.63) is 47.2 Å². The minimum absolute atomic E-state index is 0.178.